The molecule has 0 saturated carbocycles. The summed E-state index contributed by atoms with van der Waals surface area (Å²) in [7, 11) is 0. The van der Waals surface area contributed by atoms with Gasteiger partial charge in [-0.3, -0.25) is 0 Å². The summed E-state index contributed by atoms with van der Waals surface area (Å²) in [6.45, 7) is 2.11. The molecule has 0 radical (unpaired) electrons. The van der Waals surface area contributed by atoms with Crippen LogP contribution in [0, 0.1) is 0 Å². The van der Waals surface area contributed by atoms with Gasteiger partial charge in [0.25, 0.3) is 0 Å². The summed E-state index contributed by atoms with van der Waals surface area (Å²) in [6.07, 6.45) is 0. The van der Waals surface area contributed by atoms with Gasteiger partial charge in [0, 0.05) is 35.5 Å². The Balaban J connectivity index is 1.89. The lowest BCUT2D eigenvalue weighted by atomic mass is 10.1. The molecule has 0 bridgehead atoms. The quantitative estimate of drug-likeness (QED) is 0.719. The minimum absolute atomic E-state index is 0.813. The molecule has 2 aromatic carbocycles. The largest absolute Gasteiger partial charge is 0.354 e. The summed E-state index contributed by atoms with van der Waals surface area (Å²) in [5.41, 5.74) is 2.09. The monoisotopic (exact) mass is 307 g/mol. The van der Waals surface area contributed by atoms with Crippen LogP contribution in [-0.4, -0.2) is 34.6 Å². The van der Waals surface area contributed by atoms with E-state index in [0.29, 0.717) is 0 Å². The van der Waals surface area contributed by atoms with Crippen LogP contribution in [0.1, 0.15) is 0 Å². The van der Waals surface area contributed by atoms with Crippen molar-refractivity contribution in [3.63, 3.8) is 0 Å². The van der Waals surface area contributed by atoms with Gasteiger partial charge in [0.05, 0.1) is 5.52 Å². The molecule has 22 heavy (non-hydrogen) atoms. The molecule has 4 rings (SSSR count). The van der Waals surface area contributed by atoms with Crippen molar-refractivity contribution in [3.05, 3.63) is 54.6 Å². The van der Waals surface area contributed by atoms with Crippen LogP contribution < -0.4 is 4.90 Å². The molecule has 1 saturated heterocycles. The number of thioether (sulfide) groups is 1. The molecule has 4 heteroatoms. The Morgan fingerprint density at radius 2 is 1.55 bits per heavy atom. The molecule has 3 nitrogen and oxygen atoms in total. The molecule has 0 spiro atoms. The highest BCUT2D eigenvalue weighted by Crippen LogP contribution is 2.28. The second-order valence-electron chi connectivity index (χ2n) is 5.35. The van der Waals surface area contributed by atoms with E-state index < -0.39 is 0 Å². The topological polar surface area (TPSA) is 29.0 Å². The zero-order valence-electron chi connectivity index (χ0n) is 12.3. The fourth-order valence-electron chi connectivity index (χ4n) is 2.79. The van der Waals surface area contributed by atoms with Crippen LogP contribution in [-0.2, 0) is 0 Å². The third kappa shape index (κ3) is 2.55. The van der Waals surface area contributed by atoms with Crippen LogP contribution in [0.2, 0.25) is 0 Å². The van der Waals surface area contributed by atoms with E-state index in [4.69, 9.17) is 9.97 Å². The molecule has 2 heterocycles. The second kappa shape index (κ2) is 5.97. The first-order valence-corrected chi connectivity index (χ1v) is 8.72. The molecule has 1 aromatic heterocycles. The Bertz CT molecular complexity index is 783. The molecule has 0 aliphatic carbocycles. The Morgan fingerprint density at radius 3 is 2.36 bits per heavy atom. The van der Waals surface area contributed by atoms with Crippen LogP contribution in [0.4, 0.5) is 5.82 Å². The highest BCUT2D eigenvalue weighted by Gasteiger charge is 2.17. The van der Waals surface area contributed by atoms with Gasteiger partial charge < -0.3 is 4.90 Å². The Hall–Kier alpha value is -2.07. The van der Waals surface area contributed by atoms with E-state index >= 15 is 0 Å². The molecule has 0 N–H and O–H groups in total. The molecular weight excluding hydrogens is 290 g/mol. The first-order chi connectivity index (χ1) is 10.9. The summed E-state index contributed by atoms with van der Waals surface area (Å²) < 4.78 is 0. The molecule has 1 aliphatic heterocycles. The number of rotatable bonds is 2. The average molecular weight is 307 g/mol. The van der Waals surface area contributed by atoms with Crippen molar-refractivity contribution in [2.45, 2.75) is 0 Å². The van der Waals surface area contributed by atoms with Gasteiger partial charge in [-0.05, 0) is 12.1 Å². The summed E-state index contributed by atoms with van der Waals surface area (Å²) in [4.78, 5) is 12.1. The van der Waals surface area contributed by atoms with Crippen LogP contribution in [0.5, 0.6) is 0 Å². The Morgan fingerprint density at radius 1 is 0.818 bits per heavy atom. The lowest BCUT2D eigenvalue weighted by Crippen LogP contribution is -2.33. The normalized spacial score (nSPS) is 15.2. The van der Waals surface area contributed by atoms with E-state index in [2.05, 4.69) is 35.2 Å². The van der Waals surface area contributed by atoms with Gasteiger partial charge in [0.15, 0.2) is 5.82 Å². The fraction of sp³-hybridized carbons (Fsp3) is 0.222. The van der Waals surface area contributed by atoms with Gasteiger partial charge in [-0.1, -0.05) is 42.5 Å². The number of anilines is 1. The molecule has 0 unspecified atom stereocenters. The van der Waals surface area contributed by atoms with Crippen LogP contribution in [0.3, 0.4) is 0 Å². The molecule has 110 valence electrons. The third-order valence-electron chi connectivity index (χ3n) is 3.93. The molecule has 3 aromatic rings. The maximum absolute atomic E-state index is 4.90. The second-order valence-corrected chi connectivity index (χ2v) is 6.58. The minimum atomic E-state index is 0.813. The van der Waals surface area contributed by atoms with Crippen molar-refractivity contribution < 1.29 is 0 Å². The lowest BCUT2D eigenvalue weighted by Gasteiger charge is -2.28. The number of fused-ring (bicyclic) bond motifs is 1. The number of aromatic nitrogens is 2. The summed E-state index contributed by atoms with van der Waals surface area (Å²) in [5, 5.41) is 1.15. The van der Waals surface area contributed by atoms with Gasteiger partial charge in [0.1, 0.15) is 5.82 Å². The number of nitrogens with zero attached hydrogens (tertiary/aromatic N) is 3. The molecule has 1 fully saturated rings. The van der Waals surface area contributed by atoms with Crippen molar-refractivity contribution in [1.29, 1.82) is 0 Å². The molecule has 0 amide bonds. The van der Waals surface area contributed by atoms with E-state index in [-0.39, 0.29) is 0 Å². The van der Waals surface area contributed by atoms with Crippen molar-refractivity contribution >= 4 is 28.5 Å². The third-order valence-corrected chi connectivity index (χ3v) is 4.87. The van der Waals surface area contributed by atoms with Crippen molar-refractivity contribution in [2.24, 2.45) is 0 Å². The average Bonchev–Trinajstić information content (AvgIpc) is 2.62. The summed E-state index contributed by atoms with van der Waals surface area (Å²) in [5.74, 6) is 4.22. The van der Waals surface area contributed by atoms with Crippen LogP contribution in [0.15, 0.2) is 54.6 Å². The standard InChI is InChI=1S/C18H17N3S/c1-2-6-14(7-3-1)17-19-16-9-5-4-8-15(16)18(20-17)21-10-12-22-13-11-21/h1-9H,10-13H2. The van der Waals surface area contributed by atoms with Gasteiger partial charge >= 0.3 is 0 Å². The maximum atomic E-state index is 4.90. The van der Waals surface area contributed by atoms with E-state index in [1.165, 1.54) is 11.5 Å². The predicted octanol–water partition coefficient (Wildman–Crippen LogP) is 3.85. The van der Waals surface area contributed by atoms with Crippen LogP contribution >= 0.6 is 11.8 Å². The molecular formula is C18H17N3S. The van der Waals surface area contributed by atoms with Gasteiger partial charge in [-0.2, -0.15) is 11.8 Å². The zero-order valence-corrected chi connectivity index (χ0v) is 13.1. The highest BCUT2D eigenvalue weighted by atomic mass is 32.2. The number of benzene rings is 2. The first-order valence-electron chi connectivity index (χ1n) is 7.57. The SMILES string of the molecule is c1ccc(-c2nc(N3CCSCC3)c3ccccc3n2)cc1. The van der Waals surface area contributed by atoms with Crippen molar-refractivity contribution in [3.8, 4) is 11.4 Å². The van der Waals surface area contributed by atoms with E-state index in [1.54, 1.807) is 0 Å². The predicted molar refractivity (Wildman–Crippen MR) is 94.5 cm³/mol. The van der Waals surface area contributed by atoms with Crippen molar-refractivity contribution in [1.82, 2.24) is 9.97 Å². The maximum Gasteiger partial charge on any atom is 0.162 e. The number of para-hydroxylation sites is 1. The Labute approximate surface area is 134 Å². The number of hydrogen-bond donors (Lipinski definition) is 0. The zero-order chi connectivity index (χ0) is 14.8. The molecule has 0 atom stereocenters. The summed E-state index contributed by atoms with van der Waals surface area (Å²) >= 11 is 2.01. The van der Waals surface area contributed by atoms with E-state index in [0.717, 1.165) is 41.2 Å². The van der Waals surface area contributed by atoms with E-state index in [9.17, 15) is 0 Å². The highest BCUT2D eigenvalue weighted by molar-refractivity contribution is 7.99. The Kier molecular flexibility index (Phi) is 3.69. The van der Waals surface area contributed by atoms with Gasteiger partial charge in [-0.25, -0.2) is 9.97 Å². The fourth-order valence-corrected chi connectivity index (χ4v) is 3.70. The van der Waals surface area contributed by atoms with Gasteiger partial charge in [-0.15, -0.1) is 0 Å². The summed E-state index contributed by atoms with van der Waals surface area (Å²) in [6, 6.07) is 18.5. The minimum Gasteiger partial charge on any atom is -0.354 e. The lowest BCUT2D eigenvalue weighted by molar-refractivity contribution is 0.843. The van der Waals surface area contributed by atoms with E-state index in [1.807, 2.05) is 36.0 Å². The smallest absolute Gasteiger partial charge is 0.162 e. The van der Waals surface area contributed by atoms with Crippen LogP contribution in [0.25, 0.3) is 22.3 Å². The van der Waals surface area contributed by atoms with Gasteiger partial charge in [0.2, 0.25) is 0 Å². The number of hydrogen-bond acceptors (Lipinski definition) is 4. The molecule has 1 aliphatic rings. The first kappa shape index (κ1) is 13.6. The van der Waals surface area contributed by atoms with Crippen molar-refractivity contribution in [2.75, 3.05) is 29.5 Å².